The second-order valence-corrected chi connectivity index (χ2v) is 4.88. The molecular formula is C14H21N3O4. The average Bonchev–Trinajstić information content (AvgIpc) is 2.43. The van der Waals surface area contributed by atoms with Gasteiger partial charge in [-0.05, 0) is 44.9 Å². The third-order valence-corrected chi connectivity index (χ3v) is 3.23. The van der Waals surface area contributed by atoms with Crippen molar-refractivity contribution in [3.63, 3.8) is 0 Å². The first-order valence-electron chi connectivity index (χ1n) is 6.84. The topological polar surface area (TPSA) is 105 Å². The van der Waals surface area contributed by atoms with E-state index < -0.39 is 16.9 Å². The molecule has 7 heteroatoms. The molecule has 0 aliphatic carbocycles. The Bertz CT molecular complexity index is 505. The van der Waals surface area contributed by atoms with Gasteiger partial charge in [0.2, 0.25) is 0 Å². The summed E-state index contributed by atoms with van der Waals surface area (Å²) in [6.45, 7) is 2.38. The summed E-state index contributed by atoms with van der Waals surface area (Å²) in [4.78, 5) is 21.4. The van der Waals surface area contributed by atoms with Crippen molar-refractivity contribution in [2.75, 3.05) is 18.9 Å². The van der Waals surface area contributed by atoms with Gasteiger partial charge in [-0.1, -0.05) is 6.07 Å². The van der Waals surface area contributed by atoms with Crippen molar-refractivity contribution in [1.82, 2.24) is 5.32 Å². The van der Waals surface area contributed by atoms with Crippen LogP contribution in [0, 0.1) is 17.0 Å². The highest BCUT2D eigenvalue weighted by Crippen LogP contribution is 2.25. The number of nitro benzene ring substituents is 1. The first kappa shape index (κ1) is 16.9. The van der Waals surface area contributed by atoms with E-state index in [-0.39, 0.29) is 5.69 Å². The summed E-state index contributed by atoms with van der Waals surface area (Å²) in [7, 11) is 1.62. The number of carboxylic acids is 1. The first-order chi connectivity index (χ1) is 9.95. The highest BCUT2D eigenvalue weighted by Gasteiger charge is 2.15. The Labute approximate surface area is 123 Å². The highest BCUT2D eigenvalue weighted by atomic mass is 16.6. The Morgan fingerprint density at radius 3 is 2.71 bits per heavy atom. The van der Waals surface area contributed by atoms with Crippen LogP contribution in [0.3, 0.4) is 0 Å². The molecule has 0 spiro atoms. The molecule has 3 N–H and O–H groups in total. The number of unbranched alkanes of at least 4 members (excludes halogenated alkanes) is 1. The Hall–Kier alpha value is -2.15. The number of benzene rings is 1. The molecule has 0 aliphatic heterocycles. The molecule has 0 heterocycles. The molecule has 1 unspecified atom stereocenters. The molecule has 7 nitrogen and oxygen atoms in total. The lowest BCUT2D eigenvalue weighted by atomic mass is 10.1. The molecular weight excluding hydrogens is 274 g/mol. The molecule has 1 aromatic rings. The van der Waals surface area contributed by atoms with Crippen molar-refractivity contribution in [3.05, 3.63) is 33.9 Å². The van der Waals surface area contributed by atoms with Gasteiger partial charge in [-0.3, -0.25) is 14.9 Å². The van der Waals surface area contributed by atoms with Gasteiger partial charge in [0.25, 0.3) is 5.69 Å². The summed E-state index contributed by atoms with van der Waals surface area (Å²) in [6.07, 6.45) is 2.00. The maximum absolute atomic E-state index is 11.0. The standard InChI is InChI=1S/C14H21N3O4/c1-10-6-7-11(13(9-10)17(20)21)16-8-4-3-5-12(15-2)14(18)19/h6-7,9,12,15-16H,3-5,8H2,1-2H3,(H,18,19). The van der Waals surface area contributed by atoms with Gasteiger partial charge in [-0.25, -0.2) is 0 Å². The predicted molar refractivity (Wildman–Crippen MR) is 80.7 cm³/mol. The molecule has 0 aromatic heterocycles. The van der Waals surface area contributed by atoms with E-state index in [1.807, 2.05) is 6.07 Å². The number of likely N-dealkylation sites (N-methyl/N-ethyl adjacent to an activating group) is 1. The van der Waals surface area contributed by atoms with Crippen LogP contribution in [0.1, 0.15) is 24.8 Å². The number of rotatable bonds is 9. The number of anilines is 1. The van der Waals surface area contributed by atoms with Crippen LogP contribution in [0.15, 0.2) is 18.2 Å². The van der Waals surface area contributed by atoms with Crippen molar-refractivity contribution in [1.29, 1.82) is 0 Å². The Morgan fingerprint density at radius 2 is 2.14 bits per heavy atom. The van der Waals surface area contributed by atoms with Crippen LogP contribution in [0.25, 0.3) is 0 Å². The summed E-state index contributed by atoms with van der Waals surface area (Å²) in [5.74, 6) is -0.861. The fraction of sp³-hybridized carbons (Fsp3) is 0.500. The molecule has 1 aromatic carbocycles. The van der Waals surface area contributed by atoms with Crippen LogP contribution in [-0.2, 0) is 4.79 Å². The number of nitrogens with zero attached hydrogens (tertiary/aromatic N) is 1. The van der Waals surface area contributed by atoms with Crippen LogP contribution in [-0.4, -0.2) is 35.6 Å². The first-order valence-corrected chi connectivity index (χ1v) is 6.84. The SMILES string of the molecule is CNC(CCCCNc1ccc(C)cc1[N+](=O)[O-])C(=O)O. The second-order valence-electron chi connectivity index (χ2n) is 4.88. The van der Waals surface area contributed by atoms with E-state index in [2.05, 4.69) is 10.6 Å². The number of aliphatic carboxylic acids is 1. The van der Waals surface area contributed by atoms with Crippen LogP contribution in [0.5, 0.6) is 0 Å². The fourth-order valence-electron chi connectivity index (χ4n) is 2.03. The van der Waals surface area contributed by atoms with E-state index in [0.717, 1.165) is 18.4 Å². The Kier molecular flexibility index (Phi) is 6.61. The van der Waals surface area contributed by atoms with E-state index >= 15 is 0 Å². The predicted octanol–water partition coefficient (Wildman–Crippen LogP) is 2.16. The number of hydrogen-bond acceptors (Lipinski definition) is 5. The second kappa shape index (κ2) is 8.21. The van der Waals surface area contributed by atoms with Crippen LogP contribution in [0.4, 0.5) is 11.4 Å². The summed E-state index contributed by atoms with van der Waals surface area (Å²) >= 11 is 0. The summed E-state index contributed by atoms with van der Waals surface area (Å²) < 4.78 is 0. The van der Waals surface area contributed by atoms with E-state index in [1.54, 1.807) is 20.0 Å². The van der Waals surface area contributed by atoms with Crippen molar-refractivity contribution in [2.24, 2.45) is 0 Å². The minimum atomic E-state index is -0.861. The molecule has 0 radical (unpaired) electrons. The van der Waals surface area contributed by atoms with E-state index in [4.69, 9.17) is 5.11 Å². The van der Waals surface area contributed by atoms with Crippen molar-refractivity contribution < 1.29 is 14.8 Å². The molecule has 0 saturated heterocycles. The Morgan fingerprint density at radius 1 is 1.43 bits per heavy atom. The van der Waals surface area contributed by atoms with Crippen molar-refractivity contribution in [3.8, 4) is 0 Å². The normalized spacial score (nSPS) is 11.9. The smallest absolute Gasteiger partial charge is 0.320 e. The quantitative estimate of drug-likeness (QED) is 0.366. The minimum Gasteiger partial charge on any atom is -0.480 e. The van der Waals surface area contributed by atoms with Gasteiger partial charge in [0.1, 0.15) is 11.7 Å². The molecule has 1 rings (SSSR count). The highest BCUT2D eigenvalue weighted by molar-refractivity contribution is 5.73. The lowest BCUT2D eigenvalue weighted by molar-refractivity contribution is -0.384. The van der Waals surface area contributed by atoms with Crippen LogP contribution in [0.2, 0.25) is 0 Å². The lowest BCUT2D eigenvalue weighted by Crippen LogP contribution is -2.33. The third kappa shape index (κ3) is 5.39. The molecule has 0 amide bonds. The number of aryl methyl sites for hydroxylation is 1. The molecule has 0 bridgehead atoms. The fourth-order valence-corrected chi connectivity index (χ4v) is 2.03. The molecule has 116 valence electrons. The molecule has 0 saturated carbocycles. The molecule has 0 fully saturated rings. The van der Waals surface area contributed by atoms with E-state index in [1.165, 1.54) is 6.07 Å². The van der Waals surface area contributed by atoms with Gasteiger partial charge in [0, 0.05) is 12.6 Å². The van der Waals surface area contributed by atoms with Crippen molar-refractivity contribution in [2.45, 2.75) is 32.2 Å². The number of nitrogens with one attached hydrogen (secondary N) is 2. The number of hydrogen-bond donors (Lipinski definition) is 3. The van der Waals surface area contributed by atoms with Gasteiger partial charge >= 0.3 is 5.97 Å². The number of carboxylic acid groups (broad SMARTS) is 1. The summed E-state index contributed by atoms with van der Waals surface area (Å²) in [6, 6.07) is 4.50. The lowest BCUT2D eigenvalue weighted by Gasteiger charge is -2.11. The van der Waals surface area contributed by atoms with E-state index in [0.29, 0.717) is 18.7 Å². The molecule has 21 heavy (non-hydrogen) atoms. The van der Waals surface area contributed by atoms with Crippen LogP contribution < -0.4 is 10.6 Å². The van der Waals surface area contributed by atoms with Gasteiger partial charge < -0.3 is 15.7 Å². The van der Waals surface area contributed by atoms with Crippen molar-refractivity contribution >= 4 is 17.3 Å². The van der Waals surface area contributed by atoms with Crippen LogP contribution >= 0.6 is 0 Å². The van der Waals surface area contributed by atoms with Gasteiger partial charge in [0.15, 0.2) is 0 Å². The minimum absolute atomic E-state index is 0.0636. The number of carbonyl (C=O) groups is 1. The summed E-state index contributed by atoms with van der Waals surface area (Å²) in [5, 5.41) is 25.6. The molecule has 1 atom stereocenters. The summed E-state index contributed by atoms with van der Waals surface area (Å²) in [5.41, 5.74) is 1.40. The third-order valence-electron chi connectivity index (χ3n) is 3.23. The zero-order valence-electron chi connectivity index (χ0n) is 12.3. The maximum Gasteiger partial charge on any atom is 0.320 e. The largest absolute Gasteiger partial charge is 0.480 e. The zero-order valence-corrected chi connectivity index (χ0v) is 12.3. The van der Waals surface area contributed by atoms with Gasteiger partial charge in [-0.2, -0.15) is 0 Å². The zero-order chi connectivity index (χ0) is 15.8. The molecule has 0 aliphatic rings. The monoisotopic (exact) mass is 295 g/mol. The van der Waals surface area contributed by atoms with E-state index in [9.17, 15) is 14.9 Å². The Balaban J connectivity index is 2.43. The maximum atomic E-state index is 11.0. The number of nitro groups is 1. The van der Waals surface area contributed by atoms with Gasteiger partial charge in [0.05, 0.1) is 4.92 Å². The van der Waals surface area contributed by atoms with Gasteiger partial charge in [-0.15, -0.1) is 0 Å². The average molecular weight is 295 g/mol.